The summed E-state index contributed by atoms with van der Waals surface area (Å²) in [5.74, 6) is -0.969. The lowest BCUT2D eigenvalue weighted by atomic mass is 9.71. The van der Waals surface area contributed by atoms with Crippen molar-refractivity contribution in [1.29, 1.82) is 0 Å². The van der Waals surface area contributed by atoms with E-state index in [0.29, 0.717) is 19.4 Å². The van der Waals surface area contributed by atoms with Gasteiger partial charge in [0.15, 0.2) is 0 Å². The Kier molecular flexibility index (Phi) is 5.04. The molecular formula is C16H23NO3S. The fraction of sp³-hybridized carbons (Fsp3) is 0.625. The van der Waals surface area contributed by atoms with Gasteiger partial charge in [-0.3, -0.25) is 9.59 Å². The van der Waals surface area contributed by atoms with E-state index in [9.17, 15) is 14.7 Å². The van der Waals surface area contributed by atoms with E-state index < -0.39 is 11.4 Å². The van der Waals surface area contributed by atoms with E-state index in [-0.39, 0.29) is 12.3 Å². The predicted molar refractivity (Wildman–Crippen MR) is 83.4 cm³/mol. The molecular weight excluding hydrogens is 286 g/mol. The largest absolute Gasteiger partial charge is 0.481 e. The van der Waals surface area contributed by atoms with Crippen LogP contribution in [0.1, 0.15) is 53.8 Å². The third-order valence-electron chi connectivity index (χ3n) is 4.44. The molecule has 1 amide bonds. The number of hydrogen-bond acceptors (Lipinski definition) is 3. The highest BCUT2D eigenvalue weighted by molar-refractivity contribution is 7.12. The van der Waals surface area contributed by atoms with Crippen LogP contribution in [-0.4, -0.2) is 17.0 Å². The number of nitrogens with one attached hydrogen (secondary N) is 1. The summed E-state index contributed by atoms with van der Waals surface area (Å²) in [6.07, 6.45) is 4.22. The van der Waals surface area contributed by atoms with Gasteiger partial charge in [-0.1, -0.05) is 19.3 Å². The van der Waals surface area contributed by atoms with Crippen LogP contribution in [0, 0.1) is 19.3 Å². The molecule has 0 bridgehead atoms. The minimum atomic E-state index is -0.844. The number of hydrogen-bond donors (Lipinski definition) is 2. The molecule has 1 saturated carbocycles. The number of carboxylic acid groups (broad SMARTS) is 1. The van der Waals surface area contributed by atoms with Crippen LogP contribution >= 0.6 is 11.3 Å². The molecule has 0 saturated heterocycles. The van der Waals surface area contributed by atoms with Crippen molar-refractivity contribution < 1.29 is 14.7 Å². The van der Waals surface area contributed by atoms with Crippen molar-refractivity contribution in [2.24, 2.45) is 5.41 Å². The van der Waals surface area contributed by atoms with Crippen LogP contribution in [0.5, 0.6) is 0 Å². The normalized spacial score (nSPS) is 17.4. The smallest absolute Gasteiger partial charge is 0.310 e. The zero-order chi connectivity index (χ0) is 15.5. The lowest BCUT2D eigenvalue weighted by Crippen LogP contribution is -2.39. The molecule has 0 radical (unpaired) electrons. The van der Waals surface area contributed by atoms with E-state index in [2.05, 4.69) is 25.2 Å². The monoisotopic (exact) mass is 309 g/mol. The van der Waals surface area contributed by atoms with Gasteiger partial charge in [-0.05, 0) is 38.3 Å². The van der Waals surface area contributed by atoms with Crippen molar-refractivity contribution >= 4 is 23.2 Å². The van der Waals surface area contributed by atoms with Gasteiger partial charge in [-0.2, -0.15) is 0 Å². The molecule has 0 aliphatic heterocycles. The van der Waals surface area contributed by atoms with Crippen molar-refractivity contribution in [3.63, 3.8) is 0 Å². The molecule has 1 aliphatic carbocycles. The molecule has 1 aromatic rings. The average Bonchev–Trinajstić information content (AvgIpc) is 2.76. The van der Waals surface area contributed by atoms with Crippen molar-refractivity contribution in [3.05, 3.63) is 21.4 Å². The average molecular weight is 309 g/mol. The van der Waals surface area contributed by atoms with Gasteiger partial charge in [0.25, 0.3) is 0 Å². The number of amides is 1. The van der Waals surface area contributed by atoms with Gasteiger partial charge in [0.1, 0.15) is 0 Å². The lowest BCUT2D eigenvalue weighted by molar-refractivity contribution is -0.154. The summed E-state index contributed by atoms with van der Waals surface area (Å²) in [4.78, 5) is 26.0. The van der Waals surface area contributed by atoms with Gasteiger partial charge >= 0.3 is 5.97 Å². The number of aliphatic carboxylic acids is 1. The molecule has 1 fully saturated rings. The maximum absolute atomic E-state index is 12.1. The second-order valence-corrected chi connectivity index (χ2v) is 7.39. The van der Waals surface area contributed by atoms with E-state index in [1.54, 1.807) is 11.3 Å². The van der Waals surface area contributed by atoms with Gasteiger partial charge < -0.3 is 10.4 Å². The summed E-state index contributed by atoms with van der Waals surface area (Å²) < 4.78 is 0. The maximum atomic E-state index is 12.1. The Morgan fingerprint density at radius 1 is 1.29 bits per heavy atom. The molecule has 0 atom stereocenters. The molecule has 4 nitrogen and oxygen atoms in total. The summed E-state index contributed by atoms with van der Waals surface area (Å²) in [6, 6.07) is 2.08. The zero-order valence-electron chi connectivity index (χ0n) is 12.7. The van der Waals surface area contributed by atoms with Gasteiger partial charge in [0.2, 0.25) is 5.91 Å². The van der Waals surface area contributed by atoms with Crippen molar-refractivity contribution in [2.75, 3.05) is 0 Å². The Morgan fingerprint density at radius 2 is 1.95 bits per heavy atom. The highest BCUT2D eigenvalue weighted by Crippen LogP contribution is 2.39. The number of carbonyl (C=O) groups is 2. The van der Waals surface area contributed by atoms with Crippen LogP contribution < -0.4 is 5.32 Å². The summed E-state index contributed by atoms with van der Waals surface area (Å²) in [5.41, 5.74) is 0.391. The lowest BCUT2D eigenvalue weighted by Gasteiger charge is -2.32. The molecule has 21 heavy (non-hydrogen) atoms. The molecule has 2 N–H and O–H groups in total. The number of rotatable bonds is 5. The Labute approximate surface area is 129 Å². The topological polar surface area (TPSA) is 66.4 Å². The van der Waals surface area contributed by atoms with E-state index in [1.165, 1.54) is 10.4 Å². The molecule has 1 heterocycles. The fourth-order valence-corrected chi connectivity index (χ4v) is 3.98. The number of carbonyl (C=O) groups excluding carboxylic acids is 1. The fourth-order valence-electron chi connectivity index (χ4n) is 2.99. The van der Waals surface area contributed by atoms with Crippen LogP contribution in [0.2, 0.25) is 0 Å². The minimum absolute atomic E-state index is 0.103. The molecule has 1 aromatic heterocycles. The first kappa shape index (κ1) is 16.0. The van der Waals surface area contributed by atoms with Crippen molar-refractivity contribution in [2.45, 2.75) is 58.9 Å². The molecule has 116 valence electrons. The molecule has 0 unspecified atom stereocenters. The predicted octanol–water partition coefficient (Wildman–Crippen LogP) is 3.41. The number of carboxylic acids is 1. The Bertz CT molecular complexity index is 510. The summed E-state index contributed by atoms with van der Waals surface area (Å²) >= 11 is 1.68. The standard InChI is InChI=1S/C16H23NO3S/c1-11-8-13(21-12(11)2)10-17-14(18)9-16(15(19)20)6-4-3-5-7-16/h8H,3-7,9-10H2,1-2H3,(H,17,18)(H,19,20). The SMILES string of the molecule is Cc1cc(CNC(=O)CC2(C(=O)O)CCCCC2)sc1C. The van der Waals surface area contributed by atoms with Crippen molar-refractivity contribution in [1.82, 2.24) is 5.32 Å². The highest BCUT2D eigenvalue weighted by atomic mass is 32.1. The van der Waals surface area contributed by atoms with Crippen molar-refractivity contribution in [3.8, 4) is 0 Å². The highest BCUT2D eigenvalue weighted by Gasteiger charge is 2.41. The molecule has 1 aliphatic rings. The van der Waals surface area contributed by atoms with E-state index >= 15 is 0 Å². The van der Waals surface area contributed by atoms with Crippen LogP contribution in [0.3, 0.4) is 0 Å². The van der Waals surface area contributed by atoms with Gasteiger partial charge in [-0.15, -0.1) is 11.3 Å². The van der Waals surface area contributed by atoms with Crippen LogP contribution in [-0.2, 0) is 16.1 Å². The first-order valence-electron chi connectivity index (χ1n) is 7.49. The summed E-state index contributed by atoms with van der Waals surface area (Å²) in [7, 11) is 0. The number of aryl methyl sites for hydroxylation is 2. The third-order valence-corrected chi connectivity index (χ3v) is 5.59. The Balaban J connectivity index is 1.92. The van der Waals surface area contributed by atoms with Crippen LogP contribution in [0.4, 0.5) is 0 Å². The minimum Gasteiger partial charge on any atom is -0.481 e. The zero-order valence-corrected chi connectivity index (χ0v) is 13.5. The molecule has 2 rings (SSSR count). The Hall–Kier alpha value is -1.36. The molecule has 5 heteroatoms. The van der Waals surface area contributed by atoms with Gasteiger partial charge in [0, 0.05) is 16.2 Å². The summed E-state index contributed by atoms with van der Waals surface area (Å²) in [6.45, 7) is 4.61. The van der Waals surface area contributed by atoms with Crippen LogP contribution in [0.15, 0.2) is 6.07 Å². The van der Waals surface area contributed by atoms with E-state index in [1.807, 2.05) is 0 Å². The van der Waals surface area contributed by atoms with E-state index in [0.717, 1.165) is 24.1 Å². The van der Waals surface area contributed by atoms with Crippen LogP contribution in [0.25, 0.3) is 0 Å². The second kappa shape index (κ2) is 6.60. The first-order valence-corrected chi connectivity index (χ1v) is 8.31. The van der Waals surface area contributed by atoms with E-state index in [4.69, 9.17) is 0 Å². The number of thiophene rings is 1. The van der Waals surface area contributed by atoms with Gasteiger partial charge in [-0.25, -0.2) is 0 Å². The second-order valence-electron chi connectivity index (χ2n) is 6.05. The molecule has 0 spiro atoms. The maximum Gasteiger partial charge on any atom is 0.310 e. The molecule has 0 aromatic carbocycles. The third kappa shape index (κ3) is 3.84. The van der Waals surface area contributed by atoms with Gasteiger partial charge in [0.05, 0.1) is 12.0 Å². The summed E-state index contributed by atoms with van der Waals surface area (Å²) in [5, 5.41) is 12.4. The quantitative estimate of drug-likeness (QED) is 0.876. The first-order chi connectivity index (χ1) is 9.93. The Morgan fingerprint density at radius 3 is 2.48 bits per heavy atom.